The van der Waals surface area contributed by atoms with Crippen LogP contribution in [-0.4, -0.2) is 29.0 Å². The number of nitrogens with zero attached hydrogens (tertiary/aromatic N) is 2. The molecular weight excluding hydrogens is 400 g/mol. The first kappa shape index (κ1) is 20.2. The van der Waals surface area contributed by atoms with Crippen LogP contribution in [0.3, 0.4) is 0 Å². The summed E-state index contributed by atoms with van der Waals surface area (Å²) < 4.78 is 16.1. The Labute approximate surface area is 172 Å². The second-order valence-electron chi connectivity index (χ2n) is 5.93. The second-order valence-corrected chi connectivity index (χ2v) is 7.35. The minimum Gasteiger partial charge on any atom is -0.497 e. The zero-order valence-electron chi connectivity index (χ0n) is 15.4. The quantitative estimate of drug-likeness (QED) is 0.480. The van der Waals surface area contributed by atoms with E-state index in [2.05, 4.69) is 10.2 Å². The molecule has 0 spiro atoms. The van der Waals surface area contributed by atoms with Crippen LogP contribution in [0.1, 0.15) is 24.5 Å². The molecule has 3 aromatic rings. The third kappa shape index (κ3) is 5.50. The van der Waals surface area contributed by atoms with E-state index in [0.29, 0.717) is 16.7 Å². The predicted molar refractivity (Wildman–Crippen MR) is 108 cm³/mol. The van der Waals surface area contributed by atoms with E-state index < -0.39 is 6.10 Å². The molecule has 0 fully saturated rings. The number of hydrogen-bond acceptors (Lipinski definition) is 7. The molecule has 3 rings (SSSR count). The van der Waals surface area contributed by atoms with Crippen LogP contribution in [0, 0.1) is 0 Å². The largest absolute Gasteiger partial charge is 0.497 e. The van der Waals surface area contributed by atoms with Gasteiger partial charge in [0.1, 0.15) is 5.75 Å². The summed E-state index contributed by atoms with van der Waals surface area (Å²) in [5, 5.41) is 8.67. The summed E-state index contributed by atoms with van der Waals surface area (Å²) in [6.07, 6.45) is -0.626. The highest BCUT2D eigenvalue weighted by Gasteiger charge is 2.19. The number of aromatic nitrogens is 2. The monoisotopic (exact) mass is 418 g/mol. The van der Waals surface area contributed by atoms with Crippen molar-refractivity contribution in [3.8, 4) is 17.2 Å². The molecule has 28 heavy (non-hydrogen) atoms. The van der Waals surface area contributed by atoms with Gasteiger partial charge >= 0.3 is 5.97 Å². The molecule has 8 heteroatoms. The van der Waals surface area contributed by atoms with Gasteiger partial charge in [0.25, 0.3) is 5.89 Å². The van der Waals surface area contributed by atoms with Gasteiger partial charge in [0.05, 0.1) is 12.9 Å². The summed E-state index contributed by atoms with van der Waals surface area (Å²) in [5.74, 6) is 1.89. The molecule has 0 amide bonds. The molecule has 0 saturated carbocycles. The lowest BCUT2D eigenvalue weighted by molar-refractivity contribution is -0.146. The lowest BCUT2D eigenvalue weighted by Crippen LogP contribution is -2.11. The minimum absolute atomic E-state index is 0.219. The number of ether oxygens (including phenoxy) is 2. The van der Waals surface area contributed by atoms with Gasteiger partial charge < -0.3 is 13.9 Å². The molecule has 1 atom stereocenters. The molecule has 1 unspecified atom stereocenters. The number of methoxy groups -OCH3 is 1. The smallest absolute Gasteiger partial charge is 0.316 e. The van der Waals surface area contributed by atoms with Crippen molar-refractivity contribution in [3.63, 3.8) is 0 Å². The van der Waals surface area contributed by atoms with E-state index in [1.807, 2.05) is 36.4 Å². The van der Waals surface area contributed by atoms with Crippen LogP contribution in [0.4, 0.5) is 0 Å². The number of thioether (sulfide) groups is 1. The number of esters is 1. The zero-order valence-corrected chi connectivity index (χ0v) is 17.0. The number of rotatable bonds is 8. The number of benzene rings is 2. The Hall–Kier alpha value is -2.51. The van der Waals surface area contributed by atoms with Gasteiger partial charge in [-0.3, -0.25) is 4.79 Å². The molecule has 0 aliphatic rings. The Kier molecular flexibility index (Phi) is 6.95. The molecule has 1 aromatic heterocycles. The molecule has 2 aromatic carbocycles. The van der Waals surface area contributed by atoms with Gasteiger partial charge in [-0.25, -0.2) is 0 Å². The Morgan fingerprint density at radius 2 is 2.00 bits per heavy atom. The molecular formula is C20H19ClN2O4S. The van der Waals surface area contributed by atoms with E-state index in [4.69, 9.17) is 25.5 Å². The fourth-order valence-electron chi connectivity index (χ4n) is 2.41. The first-order chi connectivity index (χ1) is 13.5. The average molecular weight is 419 g/mol. The van der Waals surface area contributed by atoms with E-state index in [9.17, 15) is 4.79 Å². The molecule has 6 nitrogen and oxygen atoms in total. The van der Waals surface area contributed by atoms with Crippen molar-refractivity contribution in [3.05, 3.63) is 65.0 Å². The Balaban J connectivity index is 1.50. The van der Waals surface area contributed by atoms with E-state index >= 15 is 0 Å². The molecule has 0 radical (unpaired) electrons. The maximum absolute atomic E-state index is 12.1. The van der Waals surface area contributed by atoms with Crippen molar-refractivity contribution in [1.82, 2.24) is 10.2 Å². The van der Waals surface area contributed by atoms with Crippen molar-refractivity contribution < 1.29 is 18.7 Å². The van der Waals surface area contributed by atoms with Gasteiger partial charge in [-0.05, 0) is 48.9 Å². The lowest BCUT2D eigenvalue weighted by Gasteiger charge is -2.09. The lowest BCUT2D eigenvalue weighted by atomic mass is 10.2. The highest BCUT2D eigenvalue weighted by molar-refractivity contribution is 7.99. The molecule has 1 heterocycles. The van der Waals surface area contributed by atoms with Gasteiger partial charge in [0, 0.05) is 16.3 Å². The highest BCUT2D eigenvalue weighted by atomic mass is 35.5. The summed E-state index contributed by atoms with van der Waals surface area (Å²) in [7, 11) is 1.60. The van der Waals surface area contributed by atoms with Gasteiger partial charge in [-0.1, -0.05) is 23.7 Å². The average Bonchev–Trinajstić information content (AvgIpc) is 3.18. The zero-order chi connectivity index (χ0) is 19.9. The number of carbonyl (C=O) groups excluding carboxylic acids is 1. The van der Waals surface area contributed by atoms with Crippen molar-refractivity contribution >= 4 is 29.3 Å². The number of carbonyl (C=O) groups is 1. The molecule has 0 aliphatic heterocycles. The molecule has 0 bridgehead atoms. The van der Waals surface area contributed by atoms with Crippen LogP contribution in [0.25, 0.3) is 11.5 Å². The molecule has 0 N–H and O–H groups in total. The Morgan fingerprint density at radius 3 is 2.71 bits per heavy atom. The Morgan fingerprint density at radius 1 is 1.21 bits per heavy atom. The van der Waals surface area contributed by atoms with E-state index in [0.717, 1.165) is 16.9 Å². The predicted octanol–water partition coefficient (Wildman–Crippen LogP) is 4.94. The summed E-state index contributed by atoms with van der Waals surface area (Å²) >= 11 is 7.41. The van der Waals surface area contributed by atoms with Crippen molar-refractivity contribution in [2.75, 3.05) is 12.9 Å². The third-order valence-electron chi connectivity index (χ3n) is 3.81. The van der Waals surface area contributed by atoms with Gasteiger partial charge in [0.2, 0.25) is 5.89 Å². The van der Waals surface area contributed by atoms with Crippen LogP contribution in [0.2, 0.25) is 5.02 Å². The van der Waals surface area contributed by atoms with Crippen molar-refractivity contribution in [2.24, 2.45) is 0 Å². The fraction of sp³-hybridized carbons (Fsp3) is 0.250. The summed E-state index contributed by atoms with van der Waals surface area (Å²) in [5.41, 5.74) is 1.81. The first-order valence-electron chi connectivity index (χ1n) is 8.54. The second kappa shape index (κ2) is 9.61. The highest BCUT2D eigenvalue weighted by Crippen LogP contribution is 2.24. The molecule has 146 valence electrons. The third-order valence-corrected chi connectivity index (χ3v) is 5.02. The van der Waals surface area contributed by atoms with Gasteiger partial charge in [0.15, 0.2) is 6.10 Å². The number of hydrogen-bond donors (Lipinski definition) is 0. The standard InChI is InChI=1S/C20H19ClN2O4S/c1-13(26-18(24)12-28-11-14-4-3-5-16(21)10-14)19-22-23-20(27-19)15-6-8-17(25-2)9-7-15/h3-10,13H,11-12H2,1-2H3. The minimum atomic E-state index is -0.626. The Bertz CT molecular complexity index is 930. The first-order valence-corrected chi connectivity index (χ1v) is 10.1. The topological polar surface area (TPSA) is 74.5 Å². The van der Waals surface area contributed by atoms with Crippen LogP contribution < -0.4 is 4.74 Å². The SMILES string of the molecule is COc1ccc(-c2nnc(C(C)OC(=O)CSCc3cccc(Cl)c3)o2)cc1. The van der Waals surface area contributed by atoms with E-state index in [-0.39, 0.29) is 17.6 Å². The van der Waals surface area contributed by atoms with Crippen molar-refractivity contribution in [1.29, 1.82) is 0 Å². The molecule has 0 aliphatic carbocycles. The summed E-state index contributed by atoms with van der Waals surface area (Å²) in [6, 6.07) is 14.8. The fourth-order valence-corrected chi connectivity index (χ4v) is 3.37. The summed E-state index contributed by atoms with van der Waals surface area (Å²) in [6.45, 7) is 1.70. The van der Waals surface area contributed by atoms with Crippen LogP contribution in [0.15, 0.2) is 52.9 Å². The van der Waals surface area contributed by atoms with Crippen LogP contribution in [0.5, 0.6) is 5.75 Å². The molecule has 0 saturated heterocycles. The maximum Gasteiger partial charge on any atom is 0.316 e. The van der Waals surface area contributed by atoms with E-state index in [1.165, 1.54) is 11.8 Å². The van der Waals surface area contributed by atoms with E-state index in [1.54, 1.807) is 26.2 Å². The van der Waals surface area contributed by atoms with Gasteiger partial charge in [-0.2, -0.15) is 0 Å². The van der Waals surface area contributed by atoms with Crippen LogP contribution in [-0.2, 0) is 15.3 Å². The normalized spacial score (nSPS) is 11.8. The van der Waals surface area contributed by atoms with Crippen LogP contribution >= 0.6 is 23.4 Å². The summed E-state index contributed by atoms with van der Waals surface area (Å²) in [4.78, 5) is 12.1. The van der Waals surface area contributed by atoms with Crippen molar-refractivity contribution in [2.45, 2.75) is 18.8 Å². The van der Waals surface area contributed by atoms with Gasteiger partial charge in [-0.15, -0.1) is 22.0 Å². The maximum atomic E-state index is 12.1. The number of halogens is 1.